The van der Waals surface area contributed by atoms with Crippen LogP contribution < -0.4 is 0 Å². The molecule has 0 saturated carbocycles. The summed E-state index contributed by atoms with van der Waals surface area (Å²) in [6.07, 6.45) is 3.04. The highest BCUT2D eigenvalue weighted by molar-refractivity contribution is 5.93. The van der Waals surface area contributed by atoms with E-state index in [1.165, 1.54) is 6.07 Å². The molecule has 6 nitrogen and oxygen atoms in total. The molecule has 0 saturated heterocycles. The molecule has 3 N–H and O–H groups in total. The van der Waals surface area contributed by atoms with E-state index in [1.807, 2.05) is 0 Å². The van der Waals surface area contributed by atoms with E-state index >= 15 is 0 Å². The molecular formula is C13H18N2O4. The smallest absolute Gasteiger partial charge is 0.347 e. The van der Waals surface area contributed by atoms with Gasteiger partial charge < -0.3 is 15.3 Å². The number of carbonyl (C=O) groups is 1. The lowest BCUT2D eigenvalue weighted by Crippen LogP contribution is -2.14. The van der Waals surface area contributed by atoms with Gasteiger partial charge in [-0.2, -0.15) is 10.5 Å². The Balaban J connectivity index is 4.32. The third-order valence-corrected chi connectivity index (χ3v) is 2.68. The van der Waals surface area contributed by atoms with Crippen molar-refractivity contribution >= 4 is 5.97 Å². The first-order valence-corrected chi connectivity index (χ1v) is 6.15. The van der Waals surface area contributed by atoms with Crippen LogP contribution in [0.4, 0.5) is 0 Å². The van der Waals surface area contributed by atoms with Crippen molar-refractivity contribution < 1.29 is 20.1 Å². The zero-order valence-electron chi connectivity index (χ0n) is 10.7. The van der Waals surface area contributed by atoms with Crippen LogP contribution in [-0.4, -0.2) is 34.0 Å². The predicted octanol–water partition coefficient (Wildman–Crippen LogP) is 1.11. The van der Waals surface area contributed by atoms with Crippen molar-refractivity contribution in [2.24, 2.45) is 0 Å². The highest BCUT2D eigenvalue weighted by Gasteiger charge is 2.20. The van der Waals surface area contributed by atoms with Crippen molar-refractivity contribution in [2.45, 2.75) is 44.6 Å². The van der Waals surface area contributed by atoms with Crippen molar-refractivity contribution in [3.63, 3.8) is 0 Å². The van der Waals surface area contributed by atoms with Gasteiger partial charge in [0, 0.05) is 6.61 Å². The maximum absolute atomic E-state index is 10.7. The third kappa shape index (κ3) is 6.56. The van der Waals surface area contributed by atoms with Crippen LogP contribution in [0, 0.1) is 22.7 Å². The second-order valence-corrected chi connectivity index (χ2v) is 4.11. The third-order valence-electron chi connectivity index (χ3n) is 2.68. The average Bonchev–Trinajstić information content (AvgIpc) is 2.38. The molecule has 0 fully saturated rings. The first-order chi connectivity index (χ1) is 9.08. The molecule has 0 aromatic heterocycles. The van der Waals surface area contributed by atoms with Crippen LogP contribution >= 0.6 is 0 Å². The highest BCUT2D eigenvalue weighted by atomic mass is 16.4. The Morgan fingerprint density at radius 2 is 1.63 bits per heavy atom. The van der Waals surface area contributed by atoms with Crippen LogP contribution in [0.5, 0.6) is 0 Å². The molecular weight excluding hydrogens is 248 g/mol. The number of hydrogen-bond acceptors (Lipinski definition) is 5. The van der Waals surface area contributed by atoms with Crippen molar-refractivity contribution in [1.29, 1.82) is 10.5 Å². The Morgan fingerprint density at radius 1 is 1.05 bits per heavy atom. The SMILES string of the molecule is N#CC(C(=O)O)=C(C#N)C(O)CCCCCCCO. The summed E-state index contributed by atoms with van der Waals surface area (Å²) in [6, 6.07) is 3.01. The van der Waals surface area contributed by atoms with E-state index in [0.29, 0.717) is 6.42 Å². The van der Waals surface area contributed by atoms with E-state index in [2.05, 4.69) is 0 Å². The van der Waals surface area contributed by atoms with Gasteiger partial charge in [-0.15, -0.1) is 0 Å². The predicted molar refractivity (Wildman–Crippen MR) is 66.7 cm³/mol. The summed E-state index contributed by atoms with van der Waals surface area (Å²) in [5.74, 6) is -1.50. The van der Waals surface area contributed by atoms with Gasteiger partial charge in [-0.05, 0) is 12.8 Å². The van der Waals surface area contributed by atoms with Crippen LogP contribution in [0.2, 0.25) is 0 Å². The Morgan fingerprint density at radius 3 is 2.11 bits per heavy atom. The molecule has 0 aromatic rings. The van der Waals surface area contributed by atoms with E-state index in [9.17, 15) is 9.90 Å². The Hall–Kier alpha value is -1.89. The Bertz CT molecular complexity index is 404. The fourth-order valence-electron chi connectivity index (χ4n) is 1.64. The number of rotatable bonds is 9. The molecule has 1 atom stereocenters. The van der Waals surface area contributed by atoms with Gasteiger partial charge in [-0.25, -0.2) is 4.79 Å². The fourth-order valence-corrected chi connectivity index (χ4v) is 1.64. The molecule has 0 heterocycles. The molecule has 0 radical (unpaired) electrons. The van der Waals surface area contributed by atoms with Gasteiger partial charge >= 0.3 is 5.97 Å². The summed E-state index contributed by atoms with van der Waals surface area (Å²) in [5, 5.41) is 44.5. The van der Waals surface area contributed by atoms with Gasteiger partial charge in [0.15, 0.2) is 5.57 Å². The lowest BCUT2D eigenvalue weighted by molar-refractivity contribution is -0.132. The van der Waals surface area contributed by atoms with Gasteiger partial charge in [0.2, 0.25) is 0 Å². The Labute approximate surface area is 112 Å². The number of aliphatic hydroxyl groups excluding tert-OH is 2. The molecule has 19 heavy (non-hydrogen) atoms. The van der Waals surface area contributed by atoms with Crippen molar-refractivity contribution in [3.05, 3.63) is 11.1 Å². The topological polar surface area (TPSA) is 125 Å². The lowest BCUT2D eigenvalue weighted by Gasteiger charge is -2.09. The molecule has 0 aliphatic rings. The van der Waals surface area contributed by atoms with Crippen LogP contribution in [0.15, 0.2) is 11.1 Å². The van der Waals surface area contributed by atoms with E-state index < -0.39 is 17.6 Å². The second-order valence-electron chi connectivity index (χ2n) is 4.11. The molecule has 104 valence electrons. The first-order valence-electron chi connectivity index (χ1n) is 6.15. The lowest BCUT2D eigenvalue weighted by atomic mass is 9.99. The van der Waals surface area contributed by atoms with E-state index in [-0.39, 0.29) is 18.6 Å². The zero-order chi connectivity index (χ0) is 14.7. The maximum Gasteiger partial charge on any atom is 0.347 e. The molecule has 0 aliphatic carbocycles. The van der Waals surface area contributed by atoms with Crippen LogP contribution in [-0.2, 0) is 4.79 Å². The summed E-state index contributed by atoms with van der Waals surface area (Å²) in [4.78, 5) is 10.7. The summed E-state index contributed by atoms with van der Waals surface area (Å²) in [5.41, 5.74) is -1.08. The molecule has 6 heteroatoms. The standard InChI is InChI=1S/C13H18N2O4/c14-8-10(11(9-15)13(18)19)12(17)6-4-2-1-3-5-7-16/h12,16-17H,1-7H2,(H,18,19). The summed E-state index contributed by atoms with van der Waals surface area (Å²) >= 11 is 0. The monoisotopic (exact) mass is 266 g/mol. The number of unbranched alkanes of at least 4 members (excludes halogenated alkanes) is 4. The molecule has 0 aliphatic heterocycles. The molecule has 0 aromatic carbocycles. The van der Waals surface area contributed by atoms with Gasteiger partial charge in [-0.1, -0.05) is 25.7 Å². The highest BCUT2D eigenvalue weighted by Crippen LogP contribution is 2.15. The fraction of sp³-hybridized carbons (Fsp3) is 0.615. The quantitative estimate of drug-likeness (QED) is 0.326. The minimum Gasteiger partial charge on any atom is -0.477 e. The minimum atomic E-state index is -1.50. The summed E-state index contributed by atoms with van der Waals surface area (Å²) < 4.78 is 0. The largest absolute Gasteiger partial charge is 0.477 e. The number of nitriles is 2. The van der Waals surface area contributed by atoms with Crippen LogP contribution in [0.3, 0.4) is 0 Å². The van der Waals surface area contributed by atoms with E-state index in [0.717, 1.165) is 25.7 Å². The first kappa shape index (κ1) is 17.1. The van der Waals surface area contributed by atoms with E-state index in [1.54, 1.807) is 6.07 Å². The maximum atomic E-state index is 10.7. The average molecular weight is 266 g/mol. The van der Waals surface area contributed by atoms with Crippen molar-refractivity contribution in [1.82, 2.24) is 0 Å². The summed E-state index contributed by atoms with van der Waals surface area (Å²) in [6.45, 7) is 0.161. The number of carboxylic acid groups (broad SMARTS) is 1. The van der Waals surface area contributed by atoms with Gasteiger partial charge in [0.1, 0.15) is 6.07 Å². The van der Waals surface area contributed by atoms with Crippen molar-refractivity contribution in [2.75, 3.05) is 6.61 Å². The molecule has 0 amide bonds. The number of nitrogens with zero attached hydrogens (tertiary/aromatic N) is 2. The molecule has 0 bridgehead atoms. The number of carboxylic acids is 1. The van der Waals surface area contributed by atoms with E-state index in [4.69, 9.17) is 20.7 Å². The number of hydrogen-bond donors (Lipinski definition) is 3. The van der Waals surface area contributed by atoms with Crippen LogP contribution in [0.1, 0.15) is 38.5 Å². The number of aliphatic carboxylic acids is 1. The number of aliphatic hydroxyl groups is 2. The van der Waals surface area contributed by atoms with Gasteiger partial charge in [-0.3, -0.25) is 0 Å². The minimum absolute atomic E-state index is 0.161. The normalized spacial score (nSPS) is 13.1. The van der Waals surface area contributed by atoms with Crippen LogP contribution in [0.25, 0.3) is 0 Å². The van der Waals surface area contributed by atoms with Gasteiger partial charge in [0.25, 0.3) is 0 Å². The second kappa shape index (κ2) is 10.1. The Kier molecular flexibility index (Phi) is 9.07. The zero-order valence-corrected chi connectivity index (χ0v) is 10.7. The molecule has 1 unspecified atom stereocenters. The molecule has 0 spiro atoms. The summed E-state index contributed by atoms with van der Waals surface area (Å²) in [7, 11) is 0. The molecule has 0 rings (SSSR count). The van der Waals surface area contributed by atoms with Gasteiger partial charge in [0.05, 0.1) is 17.7 Å². The van der Waals surface area contributed by atoms with Crippen molar-refractivity contribution in [3.8, 4) is 12.1 Å².